The van der Waals surface area contributed by atoms with Crippen molar-refractivity contribution in [3.05, 3.63) is 84.2 Å². The summed E-state index contributed by atoms with van der Waals surface area (Å²) >= 11 is 1.65. The van der Waals surface area contributed by atoms with Crippen molar-refractivity contribution in [2.24, 2.45) is 0 Å². The summed E-state index contributed by atoms with van der Waals surface area (Å²) in [5, 5.41) is 10.3. The molecular weight excluding hydrogens is 518 g/mol. The van der Waals surface area contributed by atoms with Crippen LogP contribution >= 0.6 is 11.9 Å². The van der Waals surface area contributed by atoms with Crippen LogP contribution in [0.5, 0.6) is 0 Å². The number of rotatable bonds is 5. The lowest BCUT2D eigenvalue weighted by Crippen LogP contribution is -2.26. The molecule has 40 heavy (non-hydrogen) atoms. The molecule has 0 spiro atoms. The summed E-state index contributed by atoms with van der Waals surface area (Å²) in [6.07, 6.45) is 8.36. The van der Waals surface area contributed by atoms with E-state index in [0.29, 0.717) is 11.5 Å². The molecule has 0 saturated carbocycles. The van der Waals surface area contributed by atoms with Crippen LogP contribution < -0.4 is 9.62 Å². The predicted octanol–water partition coefficient (Wildman–Crippen LogP) is 8.05. The first-order chi connectivity index (χ1) is 19.5. The molecule has 5 rings (SSSR count). The number of ether oxygens (including phenoxy) is 1. The van der Waals surface area contributed by atoms with E-state index in [1.807, 2.05) is 49.6 Å². The van der Waals surface area contributed by atoms with Gasteiger partial charge in [-0.3, -0.25) is 9.78 Å². The van der Waals surface area contributed by atoms with Gasteiger partial charge < -0.3 is 19.8 Å². The van der Waals surface area contributed by atoms with Gasteiger partial charge in [-0.1, -0.05) is 32.8 Å². The second-order valence-corrected chi connectivity index (χ2v) is 9.73. The number of aromatic nitrogens is 2. The van der Waals surface area contributed by atoms with E-state index in [2.05, 4.69) is 59.6 Å². The summed E-state index contributed by atoms with van der Waals surface area (Å²) in [5.74, 6) is 0.704. The third-order valence-electron chi connectivity index (χ3n) is 5.84. The zero-order chi connectivity index (χ0) is 29.2. The third kappa shape index (κ3) is 10.4. The van der Waals surface area contributed by atoms with E-state index in [0.717, 1.165) is 53.0 Å². The smallest absolute Gasteiger partial charge is 0.150 e. The quantitative estimate of drug-likeness (QED) is 0.145. The van der Waals surface area contributed by atoms with Crippen molar-refractivity contribution in [1.82, 2.24) is 9.97 Å². The van der Waals surface area contributed by atoms with Gasteiger partial charge >= 0.3 is 0 Å². The average Bonchev–Trinajstić information content (AvgIpc) is 3.02. The number of carbonyl (C=O) groups is 1. The summed E-state index contributed by atoms with van der Waals surface area (Å²) in [5.41, 5.74) is 7.29. The molecule has 4 aromatic rings. The van der Waals surface area contributed by atoms with E-state index in [1.165, 1.54) is 24.6 Å². The largest absolute Gasteiger partial charge is 0.388 e. The van der Waals surface area contributed by atoms with Crippen LogP contribution in [0.3, 0.4) is 0 Å². The number of hydrogen-bond donors (Lipinski definition) is 2. The number of unbranched alkanes of at least 4 members (excludes halogenated alkanes) is 1. The second-order valence-electron chi connectivity index (χ2n) is 8.80. The molecule has 1 saturated heterocycles. The van der Waals surface area contributed by atoms with Crippen LogP contribution in [-0.4, -0.2) is 48.6 Å². The number of aldehydes is 1. The van der Waals surface area contributed by atoms with Crippen molar-refractivity contribution in [1.29, 1.82) is 5.41 Å². The minimum atomic E-state index is 0.704. The summed E-state index contributed by atoms with van der Waals surface area (Å²) in [6, 6.07) is 20.0. The molecule has 0 bridgehead atoms. The summed E-state index contributed by atoms with van der Waals surface area (Å²) in [7, 11) is 1.92. The van der Waals surface area contributed by atoms with Gasteiger partial charge in [-0.15, -0.1) is 0 Å². The first-order valence-corrected chi connectivity index (χ1v) is 14.4. The number of pyridine rings is 2. The highest BCUT2D eigenvalue weighted by atomic mass is 32.2. The Morgan fingerprint density at radius 1 is 1.07 bits per heavy atom. The average molecular weight is 560 g/mol. The normalized spacial score (nSPS) is 12.0. The number of fused-ring (bicyclic) bond motifs is 1. The van der Waals surface area contributed by atoms with Crippen molar-refractivity contribution in [3.63, 3.8) is 0 Å². The van der Waals surface area contributed by atoms with E-state index >= 15 is 0 Å². The van der Waals surface area contributed by atoms with Gasteiger partial charge in [-0.2, -0.15) is 0 Å². The Labute approximate surface area is 243 Å². The van der Waals surface area contributed by atoms with E-state index in [9.17, 15) is 4.79 Å². The molecule has 2 aromatic heterocycles. The van der Waals surface area contributed by atoms with Crippen LogP contribution in [-0.2, 0) is 4.74 Å². The molecule has 0 aliphatic carbocycles. The second kappa shape index (κ2) is 18.5. The Balaban J connectivity index is 0.000000234. The molecule has 0 atom stereocenters. The molecule has 8 heteroatoms. The zero-order valence-electron chi connectivity index (χ0n) is 24.2. The van der Waals surface area contributed by atoms with E-state index in [4.69, 9.17) is 15.1 Å². The molecule has 0 radical (unpaired) electrons. The maximum atomic E-state index is 10.5. The van der Waals surface area contributed by atoms with Crippen molar-refractivity contribution < 1.29 is 9.53 Å². The van der Waals surface area contributed by atoms with Gasteiger partial charge in [-0.25, -0.2) is 4.98 Å². The maximum Gasteiger partial charge on any atom is 0.150 e. The SMILES string of the molecule is CC=N.CCCC.CNc1ccc(C)c(-c2ccc3cnccc3n2)c1.O=Cc1ccc(N2CCOCS2)cc1. The highest BCUT2D eigenvalue weighted by molar-refractivity contribution is 8.00. The molecule has 1 aliphatic rings. The van der Waals surface area contributed by atoms with Crippen molar-refractivity contribution >= 4 is 46.7 Å². The van der Waals surface area contributed by atoms with Crippen LogP contribution in [0, 0.1) is 12.3 Å². The van der Waals surface area contributed by atoms with Gasteiger partial charge in [0.15, 0.2) is 0 Å². The Morgan fingerprint density at radius 2 is 1.80 bits per heavy atom. The van der Waals surface area contributed by atoms with Gasteiger partial charge in [0.05, 0.1) is 24.4 Å². The first-order valence-electron chi connectivity index (χ1n) is 13.5. The maximum absolute atomic E-state index is 10.5. The fraction of sp³-hybridized carbons (Fsp3) is 0.312. The van der Waals surface area contributed by atoms with Crippen molar-refractivity contribution in [2.45, 2.75) is 40.5 Å². The van der Waals surface area contributed by atoms with Gasteiger partial charge in [0.25, 0.3) is 0 Å². The minimum Gasteiger partial charge on any atom is -0.388 e. The molecule has 3 heterocycles. The highest BCUT2D eigenvalue weighted by Crippen LogP contribution is 2.27. The Kier molecular flexibility index (Phi) is 15.0. The Hall–Kier alpha value is -3.75. The molecule has 1 fully saturated rings. The molecule has 1 aliphatic heterocycles. The van der Waals surface area contributed by atoms with Crippen LogP contribution in [0.25, 0.3) is 22.2 Å². The lowest BCUT2D eigenvalue weighted by atomic mass is 10.0. The fourth-order valence-electron chi connectivity index (χ4n) is 3.46. The number of nitrogens with zero attached hydrogens (tertiary/aromatic N) is 3. The number of benzene rings is 2. The van der Waals surface area contributed by atoms with Crippen molar-refractivity contribution in [2.75, 3.05) is 35.8 Å². The van der Waals surface area contributed by atoms with Crippen LogP contribution in [0.2, 0.25) is 0 Å². The minimum absolute atomic E-state index is 0.704. The molecule has 0 unspecified atom stereocenters. The number of hydrogen-bond acceptors (Lipinski definition) is 8. The number of nitrogens with one attached hydrogen (secondary N) is 2. The Morgan fingerprint density at radius 3 is 2.40 bits per heavy atom. The fourth-order valence-corrected chi connectivity index (χ4v) is 4.26. The molecule has 2 aromatic carbocycles. The Bertz CT molecular complexity index is 1310. The molecular formula is C32H41N5O2S. The number of carbonyl (C=O) groups excluding carboxylic acids is 1. The first kappa shape index (κ1) is 32.5. The molecule has 0 amide bonds. The lowest BCUT2D eigenvalue weighted by Gasteiger charge is -2.27. The van der Waals surface area contributed by atoms with Gasteiger partial charge in [0.1, 0.15) is 12.2 Å². The number of anilines is 2. The van der Waals surface area contributed by atoms with E-state index in [1.54, 1.807) is 25.1 Å². The van der Waals surface area contributed by atoms with Gasteiger partial charge in [-0.05, 0) is 92.2 Å². The molecule has 212 valence electrons. The highest BCUT2D eigenvalue weighted by Gasteiger charge is 2.11. The van der Waals surface area contributed by atoms with Crippen LogP contribution in [0.1, 0.15) is 49.5 Å². The predicted molar refractivity (Wildman–Crippen MR) is 172 cm³/mol. The summed E-state index contributed by atoms with van der Waals surface area (Å²) in [4.78, 5) is 19.3. The lowest BCUT2D eigenvalue weighted by molar-refractivity contribution is 0.112. The molecule has 7 nitrogen and oxygen atoms in total. The summed E-state index contributed by atoms with van der Waals surface area (Å²) < 4.78 is 7.41. The van der Waals surface area contributed by atoms with Gasteiger partial charge in [0, 0.05) is 47.3 Å². The van der Waals surface area contributed by atoms with E-state index in [-0.39, 0.29) is 0 Å². The third-order valence-corrected chi connectivity index (χ3v) is 6.82. The van der Waals surface area contributed by atoms with Crippen LogP contribution in [0.15, 0.2) is 73.1 Å². The topological polar surface area (TPSA) is 91.2 Å². The number of aryl methyl sites for hydroxylation is 1. The zero-order valence-corrected chi connectivity index (χ0v) is 25.0. The van der Waals surface area contributed by atoms with Gasteiger partial charge in [0.2, 0.25) is 0 Å². The monoisotopic (exact) mass is 559 g/mol. The van der Waals surface area contributed by atoms with Crippen molar-refractivity contribution in [3.8, 4) is 11.3 Å². The standard InChI is InChI=1S/C16H15N3.C10H11NO2S.C4H10.C2H5N/c1-11-3-5-13(17-2)9-14(11)16-6-4-12-10-18-8-7-15(12)19-16;12-7-9-1-3-10(4-2-9)11-5-6-13-8-14-11;1-3-4-2;1-2-3/h3-10,17H,1-2H3;1-4,7H,5-6,8H2;3-4H2,1-2H3;2-3H,1H3. The van der Waals surface area contributed by atoms with Crippen LogP contribution in [0.4, 0.5) is 11.4 Å². The summed E-state index contributed by atoms with van der Waals surface area (Å²) in [6.45, 7) is 9.79. The van der Waals surface area contributed by atoms with E-state index < -0.39 is 0 Å². The molecule has 2 N–H and O–H groups in total.